The zero-order valence-corrected chi connectivity index (χ0v) is 28.1. The number of nitrogens with zero attached hydrogens (tertiary/aromatic N) is 1. The van der Waals surface area contributed by atoms with Gasteiger partial charge in [-0.3, -0.25) is 0 Å². The molecular formula is C50H33NO. The molecule has 0 aliphatic rings. The Bertz CT molecular complexity index is 3110. The largest absolute Gasteiger partial charge is 0.455 e. The summed E-state index contributed by atoms with van der Waals surface area (Å²) in [6.45, 7) is 0. The molecule has 1 heterocycles. The van der Waals surface area contributed by atoms with Crippen LogP contribution in [-0.2, 0) is 0 Å². The van der Waals surface area contributed by atoms with E-state index in [9.17, 15) is 5.48 Å². The van der Waals surface area contributed by atoms with Gasteiger partial charge in [0.1, 0.15) is 11.2 Å². The van der Waals surface area contributed by atoms with Crippen LogP contribution in [0.15, 0.2) is 205 Å². The molecule has 0 atom stereocenters. The monoisotopic (exact) mass is 667 g/mol. The van der Waals surface area contributed by atoms with Crippen molar-refractivity contribution in [3.8, 4) is 33.4 Å². The molecule has 10 aromatic rings. The van der Waals surface area contributed by atoms with Crippen LogP contribution in [0.3, 0.4) is 0 Å². The van der Waals surface area contributed by atoms with Crippen molar-refractivity contribution in [1.29, 1.82) is 0 Å². The number of para-hydroxylation sites is 2. The van der Waals surface area contributed by atoms with E-state index in [1.807, 2.05) is 108 Å². The smallest absolute Gasteiger partial charge is 0.143 e. The lowest BCUT2D eigenvalue weighted by atomic mass is 9.98. The molecule has 0 spiro atoms. The van der Waals surface area contributed by atoms with Crippen molar-refractivity contribution >= 4 is 60.5 Å². The molecule has 2 nitrogen and oxygen atoms in total. The molecule has 1 aromatic heterocycles. The van der Waals surface area contributed by atoms with E-state index in [4.69, 9.17) is 4.42 Å². The van der Waals surface area contributed by atoms with Gasteiger partial charge in [0.2, 0.25) is 0 Å². The first kappa shape index (κ1) is 26.0. The maximum atomic E-state index is 9.51. The van der Waals surface area contributed by atoms with E-state index in [1.54, 1.807) is 0 Å². The summed E-state index contributed by atoms with van der Waals surface area (Å²) in [5.74, 6) is 0. The average molecular weight is 668 g/mol. The molecule has 0 N–H and O–H groups in total. The summed E-state index contributed by atoms with van der Waals surface area (Å²) >= 11 is 0. The van der Waals surface area contributed by atoms with Gasteiger partial charge in [-0.05, 0) is 80.8 Å². The highest BCUT2D eigenvalue weighted by Gasteiger charge is 2.21. The van der Waals surface area contributed by atoms with Crippen LogP contribution in [0.5, 0.6) is 0 Å². The van der Waals surface area contributed by atoms with Crippen molar-refractivity contribution < 1.29 is 9.90 Å². The molecule has 0 radical (unpaired) electrons. The number of rotatable bonds is 6. The van der Waals surface area contributed by atoms with Gasteiger partial charge in [-0.2, -0.15) is 0 Å². The first-order valence-electron chi connectivity index (χ1n) is 19.4. The highest BCUT2D eigenvalue weighted by atomic mass is 16.3. The van der Waals surface area contributed by atoms with Crippen LogP contribution in [0.2, 0.25) is 0 Å². The standard InChI is InChI=1S/C50H33NO/c1-2-11-34(12-3-1)36-23-28-41(29-24-36)51(42-30-25-37(26-31-42)40-22-21-35-13-4-5-15-39(35)33-40)48-20-9-8-17-44(48)45-18-10-19-46-47-32-27-38-14-6-7-16-43(38)49(47)52-50(45)46/h1-33H/i23D,24D,28D,29D. The molecule has 0 aliphatic heterocycles. The third-order valence-electron chi connectivity index (χ3n) is 9.93. The summed E-state index contributed by atoms with van der Waals surface area (Å²) < 4.78 is 44.3. The highest BCUT2D eigenvalue weighted by Crippen LogP contribution is 2.45. The topological polar surface area (TPSA) is 16.4 Å². The first-order valence-corrected chi connectivity index (χ1v) is 17.4. The quantitative estimate of drug-likeness (QED) is 0.175. The van der Waals surface area contributed by atoms with Crippen LogP contribution in [0.4, 0.5) is 17.1 Å². The van der Waals surface area contributed by atoms with Crippen LogP contribution < -0.4 is 4.90 Å². The van der Waals surface area contributed by atoms with Crippen molar-refractivity contribution in [2.75, 3.05) is 4.90 Å². The number of hydrogen-bond acceptors (Lipinski definition) is 2. The summed E-state index contributed by atoms with van der Waals surface area (Å²) in [6, 6.07) is 58.1. The van der Waals surface area contributed by atoms with Gasteiger partial charge < -0.3 is 9.32 Å². The molecule has 0 saturated carbocycles. The van der Waals surface area contributed by atoms with E-state index < -0.39 is 0 Å². The van der Waals surface area contributed by atoms with Gasteiger partial charge in [-0.1, -0.05) is 158 Å². The van der Waals surface area contributed by atoms with Crippen LogP contribution in [0.1, 0.15) is 5.48 Å². The van der Waals surface area contributed by atoms with E-state index in [1.165, 1.54) is 5.39 Å². The van der Waals surface area contributed by atoms with Gasteiger partial charge in [0.25, 0.3) is 0 Å². The van der Waals surface area contributed by atoms with E-state index in [-0.39, 0.29) is 35.4 Å². The summed E-state index contributed by atoms with van der Waals surface area (Å²) in [6.07, 6.45) is 0. The molecule has 0 fully saturated rings. The minimum atomic E-state index is -0.133. The molecule has 0 aliphatic carbocycles. The molecule has 0 bridgehead atoms. The Labute approximate surface area is 308 Å². The predicted molar refractivity (Wildman–Crippen MR) is 220 cm³/mol. The van der Waals surface area contributed by atoms with Crippen LogP contribution in [0, 0.1) is 0 Å². The molecule has 244 valence electrons. The van der Waals surface area contributed by atoms with E-state index >= 15 is 0 Å². The summed E-state index contributed by atoms with van der Waals surface area (Å²) in [5.41, 5.74) is 7.76. The maximum absolute atomic E-state index is 9.51. The van der Waals surface area contributed by atoms with Crippen molar-refractivity contribution in [1.82, 2.24) is 0 Å². The Hall–Kier alpha value is -6.90. The van der Waals surface area contributed by atoms with Crippen LogP contribution in [0.25, 0.3) is 76.9 Å². The summed E-state index contributed by atoms with van der Waals surface area (Å²) in [7, 11) is 0. The second-order valence-electron chi connectivity index (χ2n) is 13.0. The molecule has 2 heteroatoms. The normalized spacial score (nSPS) is 12.5. The predicted octanol–water partition coefficient (Wildman–Crippen LogP) is 14.4. The molecule has 52 heavy (non-hydrogen) atoms. The third kappa shape index (κ3) is 5.12. The number of hydrogen-bond donors (Lipinski definition) is 0. The SMILES string of the molecule is [2H]c1c([2H])c(N(c2ccc(-c3ccc4ccccc4c3)cc2)c2ccccc2-c2cccc3c2oc2c4ccccc4ccc32)c([2H])c([2H])c1-c1ccccc1. The van der Waals surface area contributed by atoms with Crippen molar-refractivity contribution in [3.05, 3.63) is 200 Å². The number of furan rings is 1. The van der Waals surface area contributed by atoms with Gasteiger partial charge in [-0.15, -0.1) is 0 Å². The fraction of sp³-hybridized carbons (Fsp3) is 0. The lowest BCUT2D eigenvalue weighted by molar-refractivity contribution is 0.674. The minimum Gasteiger partial charge on any atom is -0.455 e. The minimum absolute atomic E-state index is 0.103. The Morgan fingerprint density at radius 1 is 0.365 bits per heavy atom. The second kappa shape index (κ2) is 12.5. The van der Waals surface area contributed by atoms with E-state index in [2.05, 4.69) is 72.8 Å². The Morgan fingerprint density at radius 2 is 0.981 bits per heavy atom. The van der Waals surface area contributed by atoms with Gasteiger partial charge in [0, 0.05) is 38.7 Å². The highest BCUT2D eigenvalue weighted by molar-refractivity contribution is 6.17. The number of benzene rings is 9. The zero-order chi connectivity index (χ0) is 37.9. The van der Waals surface area contributed by atoms with Gasteiger partial charge >= 0.3 is 0 Å². The molecule has 0 saturated heterocycles. The molecular weight excluding hydrogens is 631 g/mol. The van der Waals surface area contributed by atoms with Gasteiger partial charge in [0.05, 0.1) is 11.2 Å². The van der Waals surface area contributed by atoms with Crippen molar-refractivity contribution in [2.45, 2.75) is 0 Å². The molecule has 9 aromatic carbocycles. The summed E-state index contributed by atoms with van der Waals surface area (Å²) in [4.78, 5) is 1.87. The maximum Gasteiger partial charge on any atom is 0.143 e. The van der Waals surface area contributed by atoms with Crippen molar-refractivity contribution in [2.24, 2.45) is 0 Å². The van der Waals surface area contributed by atoms with E-state index in [0.717, 1.165) is 60.4 Å². The number of anilines is 3. The molecule has 0 amide bonds. The van der Waals surface area contributed by atoms with Gasteiger partial charge in [0.15, 0.2) is 0 Å². The average Bonchev–Trinajstić information content (AvgIpc) is 3.65. The fourth-order valence-electron chi connectivity index (χ4n) is 7.36. The van der Waals surface area contributed by atoms with Crippen LogP contribution >= 0.6 is 0 Å². The molecule has 0 unspecified atom stereocenters. The van der Waals surface area contributed by atoms with Gasteiger partial charge in [-0.25, -0.2) is 0 Å². The van der Waals surface area contributed by atoms with E-state index in [0.29, 0.717) is 16.9 Å². The Balaban J connectivity index is 1.20. The fourth-order valence-corrected chi connectivity index (χ4v) is 7.36. The first-order chi connectivity index (χ1) is 27.5. The third-order valence-corrected chi connectivity index (χ3v) is 9.93. The van der Waals surface area contributed by atoms with Crippen LogP contribution in [-0.4, -0.2) is 0 Å². The lowest BCUT2D eigenvalue weighted by Crippen LogP contribution is -2.11. The van der Waals surface area contributed by atoms with Crippen molar-refractivity contribution in [3.63, 3.8) is 0 Å². The molecule has 10 rings (SSSR count). The number of fused-ring (bicyclic) bond motifs is 6. The zero-order valence-electron chi connectivity index (χ0n) is 32.1. The Morgan fingerprint density at radius 3 is 1.83 bits per heavy atom. The lowest BCUT2D eigenvalue weighted by Gasteiger charge is -2.28. The summed E-state index contributed by atoms with van der Waals surface area (Å²) in [5, 5.41) is 6.47. The second-order valence-corrected chi connectivity index (χ2v) is 13.0. The Kier molecular flexibility index (Phi) is 6.22.